The van der Waals surface area contributed by atoms with Crippen LogP contribution in [0.4, 0.5) is 5.82 Å². The molecule has 20 heavy (non-hydrogen) atoms. The van der Waals surface area contributed by atoms with Crippen molar-refractivity contribution in [3.05, 3.63) is 52.7 Å². The maximum atomic E-state index is 12.0. The van der Waals surface area contributed by atoms with Gasteiger partial charge in [-0.3, -0.25) is 4.79 Å². The molecule has 104 valence electrons. The van der Waals surface area contributed by atoms with Crippen LogP contribution < -0.4 is 15.8 Å². The number of aromatic nitrogens is 1. The smallest absolute Gasteiger partial charge is 0.251 e. The van der Waals surface area contributed by atoms with Gasteiger partial charge in [-0.1, -0.05) is 17.7 Å². The number of hydrogen-bond donors (Lipinski definition) is 2. The molecule has 0 aliphatic carbocycles. The number of hydrogen-bond acceptors (Lipinski definition) is 4. The first-order chi connectivity index (χ1) is 9.61. The molecule has 3 N–H and O–H groups in total. The molecule has 0 fully saturated rings. The number of nitrogens with zero attached hydrogens (tertiary/aromatic N) is 1. The molecule has 0 atom stereocenters. The predicted molar refractivity (Wildman–Crippen MR) is 77.8 cm³/mol. The highest BCUT2D eigenvalue weighted by molar-refractivity contribution is 6.31. The average Bonchev–Trinajstić information content (AvgIpc) is 2.45. The van der Waals surface area contributed by atoms with Gasteiger partial charge >= 0.3 is 0 Å². The number of rotatable bonds is 4. The third kappa shape index (κ3) is 3.19. The van der Waals surface area contributed by atoms with Crippen LogP contribution in [0.15, 0.2) is 36.5 Å². The number of amides is 1. The Morgan fingerprint density at radius 1 is 1.45 bits per heavy atom. The van der Waals surface area contributed by atoms with Crippen molar-refractivity contribution in [2.45, 2.75) is 6.54 Å². The van der Waals surface area contributed by atoms with Crippen molar-refractivity contribution in [1.82, 2.24) is 10.3 Å². The zero-order chi connectivity index (χ0) is 14.5. The van der Waals surface area contributed by atoms with E-state index in [4.69, 9.17) is 22.1 Å². The number of carbonyl (C=O) groups excluding carboxylic acids is 1. The van der Waals surface area contributed by atoms with E-state index in [1.165, 1.54) is 12.3 Å². The molecule has 1 heterocycles. The van der Waals surface area contributed by atoms with E-state index in [9.17, 15) is 4.79 Å². The average molecular weight is 292 g/mol. The first-order valence-corrected chi connectivity index (χ1v) is 6.30. The van der Waals surface area contributed by atoms with E-state index >= 15 is 0 Å². The number of halogens is 1. The molecule has 0 bridgehead atoms. The summed E-state index contributed by atoms with van der Waals surface area (Å²) in [5.74, 6) is 0.682. The first kappa shape index (κ1) is 14.1. The predicted octanol–water partition coefficient (Wildman–Crippen LogP) is 2.26. The Bertz CT molecular complexity index is 632. The number of anilines is 1. The lowest BCUT2D eigenvalue weighted by Gasteiger charge is -2.11. The highest BCUT2D eigenvalue weighted by Crippen LogP contribution is 2.25. The summed E-state index contributed by atoms with van der Waals surface area (Å²) in [6.45, 7) is 0.268. The van der Waals surface area contributed by atoms with Crippen LogP contribution in [-0.2, 0) is 6.54 Å². The summed E-state index contributed by atoms with van der Waals surface area (Å²) in [6, 6.07) is 8.43. The number of methoxy groups -OCH3 is 1. The van der Waals surface area contributed by atoms with Gasteiger partial charge in [0.15, 0.2) is 0 Å². The van der Waals surface area contributed by atoms with E-state index in [1.807, 2.05) is 0 Å². The summed E-state index contributed by atoms with van der Waals surface area (Å²) < 4.78 is 5.22. The molecule has 0 saturated heterocycles. The van der Waals surface area contributed by atoms with Crippen LogP contribution in [0.1, 0.15) is 15.9 Å². The fourth-order valence-electron chi connectivity index (χ4n) is 1.76. The topological polar surface area (TPSA) is 77.2 Å². The molecule has 1 aromatic heterocycles. The van der Waals surface area contributed by atoms with Crippen molar-refractivity contribution in [1.29, 1.82) is 0 Å². The van der Waals surface area contributed by atoms with Gasteiger partial charge in [-0.2, -0.15) is 0 Å². The molecule has 0 saturated carbocycles. The van der Waals surface area contributed by atoms with E-state index in [0.29, 0.717) is 22.2 Å². The van der Waals surface area contributed by atoms with Gasteiger partial charge in [0, 0.05) is 28.9 Å². The van der Waals surface area contributed by atoms with Gasteiger partial charge in [-0.05, 0) is 24.3 Å². The maximum Gasteiger partial charge on any atom is 0.251 e. The molecule has 0 radical (unpaired) electrons. The lowest BCUT2D eigenvalue weighted by atomic mass is 10.2. The second-order valence-corrected chi connectivity index (χ2v) is 4.48. The van der Waals surface area contributed by atoms with Crippen molar-refractivity contribution in [3.8, 4) is 5.75 Å². The van der Waals surface area contributed by atoms with Crippen molar-refractivity contribution >= 4 is 23.3 Å². The third-order valence-corrected chi connectivity index (χ3v) is 3.12. The highest BCUT2D eigenvalue weighted by atomic mass is 35.5. The summed E-state index contributed by atoms with van der Waals surface area (Å²) in [6.07, 6.45) is 1.49. The van der Waals surface area contributed by atoms with E-state index in [0.717, 1.165) is 5.56 Å². The molecule has 0 unspecified atom stereocenters. The Hall–Kier alpha value is -2.27. The Balaban J connectivity index is 2.11. The number of nitrogen functional groups attached to an aromatic ring is 1. The largest absolute Gasteiger partial charge is 0.496 e. The van der Waals surface area contributed by atoms with Gasteiger partial charge in [-0.15, -0.1) is 0 Å². The molecule has 2 rings (SSSR count). The summed E-state index contributed by atoms with van der Waals surface area (Å²) in [5.41, 5.74) is 6.72. The van der Waals surface area contributed by atoms with Gasteiger partial charge in [-0.25, -0.2) is 4.98 Å². The maximum absolute atomic E-state index is 12.0. The van der Waals surface area contributed by atoms with Crippen molar-refractivity contribution in [2.24, 2.45) is 0 Å². The fourth-order valence-corrected chi connectivity index (χ4v) is 1.99. The minimum absolute atomic E-state index is 0.249. The van der Waals surface area contributed by atoms with E-state index < -0.39 is 0 Å². The monoisotopic (exact) mass is 291 g/mol. The fraction of sp³-hybridized carbons (Fsp3) is 0.143. The molecule has 6 heteroatoms. The van der Waals surface area contributed by atoms with Crippen LogP contribution in [0, 0.1) is 0 Å². The Kier molecular flexibility index (Phi) is 4.42. The second kappa shape index (κ2) is 6.25. The minimum Gasteiger partial charge on any atom is -0.496 e. The van der Waals surface area contributed by atoms with Gasteiger partial charge in [0.2, 0.25) is 0 Å². The number of carbonyl (C=O) groups is 1. The molecule has 5 nitrogen and oxygen atoms in total. The highest BCUT2D eigenvalue weighted by Gasteiger charge is 2.10. The molecular weight excluding hydrogens is 278 g/mol. The van der Waals surface area contributed by atoms with Crippen molar-refractivity contribution in [2.75, 3.05) is 12.8 Å². The number of benzene rings is 1. The zero-order valence-corrected chi connectivity index (χ0v) is 11.6. The number of nitrogens with two attached hydrogens (primary N) is 1. The van der Waals surface area contributed by atoms with Crippen LogP contribution in [0.2, 0.25) is 5.02 Å². The molecule has 0 spiro atoms. The SMILES string of the molecule is COc1cccc(Cl)c1CNC(=O)c1ccnc(N)c1. The summed E-state index contributed by atoms with van der Waals surface area (Å²) >= 11 is 6.10. The Labute approximate surface area is 121 Å². The normalized spacial score (nSPS) is 10.1. The van der Waals surface area contributed by atoms with Crippen LogP contribution >= 0.6 is 11.6 Å². The van der Waals surface area contributed by atoms with Crippen molar-refractivity contribution in [3.63, 3.8) is 0 Å². The Morgan fingerprint density at radius 2 is 2.25 bits per heavy atom. The van der Waals surface area contributed by atoms with Crippen LogP contribution in [0.5, 0.6) is 5.75 Å². The van der Waals surface area contributed by atoms with Crippen LogP contribution in [0.3, 0.4) is 0 Å². The van der Waals surface area contributed by atoms with E-state index in [-0.39, 0.29) is 12.5 Å². The quantitative estimate of drug-likeness (QED) is 0.906. The standard InChI is InChI=1S/C14H14ClN3O2/c1-20-12-4-2-3-11(15)10(12)8-18-14(19)9-5-6-17-13(16)7-9/h2-7H,8H2,1H3,(H2,16,17)(H,18,19). The number of ether oxygens (including phenoxy) is 1. The third-order valence-electron chi connectivity index (χ3n) is 2.76. The molecular formula is C14H14ClN3O2. The first-order valence-electron chi connectivity index (χ1n) is 5.93. The lowest BCUT2D eigenvalue weighted by molar-refractivity contribution is 0.0950. The molecule has 2 aromatic rings. The van der Waals surface area contributed by atoms with Gasteiger partial charge < -0.3 is 15.8 Å². The van der Waals surface area contributed by atoms with E-state index in [1.54, 1.807) is 31.4 Å². The van der Waals surface area contributed by atoms with Crippen LogP contribution in [0.25, 0.3) is 0 Å². The number of pyridine rings is 1. The molecule has 1 amide bonds. The minimum atomic E-state index is -0.249. The number of nitrogens with one attached hydrogen (secondary N) is 1. The molecule has 0 aliphatic heterocycles. The molecule has 0 aliphatic rings. The lowest BCUT2D eigenvalue weighted by Crippen LogP contribution is -2.23. The summed E-state index contributed by atoms with van der Waals surface area (Å²) in [4.78, 5) is 15.8. The van der Waals surface area contributed by atoms with Gasteiger partial charge in [0.25, 0.3) is 5.91 Å². The molecule has 1 aromatic carbocycles. The second-order valence-electron chi connectivity index (χ2n) is 4.07. The van der Waals surface area contributed by atoms with E-state index in [2.05, 4.69) is 10.3 Å². The van der Waals surface area contributed by atoms with Gasteiger partial charge in [0.1, 0.15) is 11.6 Å². The zero-order valence-electron chi connectivity index (χ0n) is 10.9. The van der Waals surface area contributed by atoms with Crippen molar-refractivity contribution < 1.29 is 9.53 Å². The summed E-state index contributed by atoms with van der Waals surface area (Å²) in [5, 5.41) is 3.31. The van der Waals surface area contributed by atoms with Crippen LogP contribution in [-0.4, -0.2) is 18.0 Å². The summed E-state index contributed by atoms with van der Waals surface area (Å²) in [7, 11) is 1.56. The van der Waals surface area contributed by atoms with Gasteiger partial charge in [0.05, 0.1) is 7.11 Å². The Morgan fingerprint density at radius 3 is 2.95 bits per heavy atom.